The molecule has 6 heteroatoms. The van der Waals surface area contributed by atoms with Crippen LogP contribution in [0.15, 0.2) is 84.9 Å². The fourth-order valence-corrected chi connectivity index (χ4v) is 4.09. The number of amides is 2. The SMILES string of the molecule is CCN(C(=O)c1ccc(NC(=O)c2ccc(Cl)cc2Cl)cc1)c1cccc2ccccc12. The van der Waals surface area contributed by atoms with Crippen LogP contribution in [0.3, 0.4) is 0 Å². The van der Waals surface area contributed by atoms with E-state index in [1.807, 2.05) is 49.4 Å². The van der Waals surface area contributed by atoms with Gasteiger partial charge in [-0.25, -0.2) is 0 Å². The van der Waals surface area contributed by atoms with Crippen LogP contribution in [-0.4, -0.2) is 18.4 Å². The Morgan fingerprint density at radius 2 is 1.59 bits per heavy atom. The molecule has 1 N–H and O–H groups in total. The number of carbonyl (C=O) groups is 2. The first-order valence-electron chi connectivity index (χ1n) is 10.1. The molecule has 0 unspecified atom stereocenters. The molecule has 4 aromatic carbocycles. The van der Waals surface area contributed by atoms with E-state index < -0.39 is 0 Å². The van der Waals surface area contributed by atoms with Crippen molar-refractivity contribution in [2.45, 2.75) is 6.92 Å². The predicted molar refractivity (Wildman–Crippen MR) is 132 cm³/mol. The third-order valence-electron chi connectivity index (χ3n) is 5.18. The predicted octanol–water partition coefficient (Wildman–Crippen LogP) is 7.07. The number of anilines is 2. The van der Waals surface area contributed by atoms with Crippen molar-refractivity contribution in [3.05, 3.63) is 106 Å². The van der Waals surface area contributed by atoms with E-state index >= 15 is 0 Å². The van der Waals surface area contributed by atoms with Gasteiger partial charge < -0.3 is 10.2 Å². The summed E-state index contributed by atoms with van der Waals surface area (Å²) in [7, 11) is 0. The molecule has 4 rings (SSSR count). The summed E-state index contributed by atoms with van der Waals surface area (Å²) in [6.45, 7) is 2.48. The Labute approximate surface area is 196 Å². The topological polar surface area (TPSA) is 49.4 Å². The van der Waals surface area contributed by atoms with Gasteiger partial charge >= 0.3 is 0 Å². The van der Waals surface area contributed by atoms with Crippen LogP contribution in [-0.2, 0) is 0 Å². The maximum Gasteiger partial charge on any atom is 0.258 e. The molecule has 0 aliphatic rings. The normalized spacial score (nSPS) is 10.7. The highest BCUT2D eigenvalue weighted by molar-refractivity contribution is 6.37. The summed E-state index contributed by atoms with van der Waals surface area (Å²) in [5.74, 6) is -0.459. The summed E-state index contributed by atoms with van der Waals surface area (Å²) in [5, 5.41) is 5.63. The summed E-state index contributed by atoms with van der Waals surface area (Å²) in [4.78, 5) is 27.5. The summed E-state index contributed by atoms with van der Waals surface area (Å²) in [5.41, 5.74) is 2.28. The Hall–Kier alpha value is -3.34. The fraction of sp³-hybridized carbons (Fsp3) is 0.0769. The van der Waals surface area contributed by atoms with E-state index in [0.717, 1.165) is 16.5 Å². The molecule has 0 bridgehead atoms. The van der Waals surface area contributed by atoms with Crippen molar-refractivity contribution in [2.24, 2.45) is 0 Å². The lowest BCUT2D eigenvalue weighted by Crippen LogP contribution is -2.30. The summed E-state index contributed by atoms with van der Waals surface area (Å²) in [6.07, 6.45) is 0. The van der Waals surface area contributed by atoms with Crippen molar-refractivity contribution in [1.29, 1.82) is 0 Å². The Morgan fingerprint density at radius 3 is 2.31 bits per heavy atom. The number of benzene rings is 4. The summed E-state index contributed by atoms with van der Waals surface area (Å²) in [6, 6.07) is 25.4. The van der Waals surface area contributed by atoms with Crippen LogP contribution in [0.5, 0.6) is 0 Å². The molecule has 0 atom stereocenters. The Kier molecular flexibility index (Phi) is 6.45. The smallest absolute Gasteiger partial charge is 0.258 e. The fourth-order valence-electron chi connectivity index (χ4n) is 3.59. The van der Waals surface area contributed by atoms with Gasteiger partial charge in [-0.1, -0.05) is 59.6 Å². The van der Waals surface area contributed by atoms with Crippen molar-refractivity contribution >= 4 is 57.2 Å². The van der Waals surface area contributed by atoms with E-state index in [1.165, 1.54) is 6.07 Å². The van der Waals surface area contributed by atoms with E-state index in [4.69, 9.17) is 23.2 Å². The van der Waals surface area contributed by atoms with Crippen LogP contribution in [0.25, 0.3) is 10.8 Å². The second-order valence-corrected chi connectivity index (χ2v) is 8.05. The third kappa shape index (κ3) is 4.47. The van der Waals surface area contributed by atoms with E-state index in [-0.39, 0.29) is 16.8 Å². The van der Waals surface area contributed by atoms with Crippen molar-refractivity contribution in [3.8, 4) is 0 Å². The highest BCUT2D eigenvalue weighted by atomic mass is 35.5. The first-order chi connectivity index (χ1) is 15.5. The molecule has 4 aromatic rings. The molecular weight excluding hydrogens is 443 g/mol. The lowest BCUT2D eigenvalue weighted by atomic mass is 10.1. The van der Waals surface area contributed by atoms with Gasteiger partial charge in [0.05, 0.1) is 16.3 Å². The molecule has 4 nitrogen and oxygen atoms in total. The van der Waals surface area contributed by atoms with E-state index in [1.54, 1.807) is 41.3 Å². The van der Waals surface area contributed by atoms with Gasteiger partial charge in [0.2, 0.25) is 0 Å². The Morgan fingerprint density at radius 1 is 0.875 bits per heavy atom. The van der Waals surface area contributed by atoms with Gasteiger partial charge in [0, 0.05) is 28.2 Å². The monoisotopic (exact) mass is 462 g/mol. The summed E-state index contributed by atoms with van der Waals surface area (Å²) >= 11 is 12.0. The van der Waals surface area contributed by atoms with Crippen molar-refractivity contribution in [2.75, 3.05) is 16.8 Å². The lowest BCUT2D eigenvalue weighted by Gasteiger charge is -2.23. The largest absolute Gasteiger partial charge is 0.322 e. The highest BCUT2D eigenvalue weighted by Gasteiger charge is 2.18. The quantitative estimate of drug-likeness (QED) is 0.344. The molecule has 0 fully saturated rings. The zero-order valence-electron chi connectivity index (χ0n) is 17.3. The van der Waals surface area contributed by atoms with Gasteiger partial charge in [0.25, 0.3) is 11.8 Å². The second-order valence-electron chi connectivity index (χ2n) is 7.20. The van der Waals surface area contributed by atoms with Crippen LogP contribution in [0.4, 0.5) is 11.4 Å². The maximum atomic E-state index is 13.3. The zero-order valence-corrected chi connectivity index (χ0v) is 18.8. The molecule has 32 heavy (non-hydrogen) atoms. The van der Waals surface area contributed by atoms with Crippen LogP contribution in [0, 0.1) is 0 Å². The van der Waals surface area contributed by atoms with E-state index in [2.05, 4.69) is 5.32 Å². The maximum absolute atomic E-state index is 13.3. The van der Waals surface area contributed by atoms with Crippen molar-refractivity contribution < 1.29 is 9.59 Å². The average molecular weight is 463 g/mol. The Bertz CT molecular complexity index is 1300. The number of carbonyl (C=O) groups excluding carboxylic acids is 2. The van der Waals surface area contributed by atoms with Crippen molar-refractivity contribution in [1.82, 2.24) is 0 Å². The molecule has 0 aliphatic carbocycles. The first-order valence-corrected chi connectivity index (χ1v) is 10.9. The van der Waals surface area contributed by atoms with E-state index in [0.29, 0.717) is 28.4 Å². The molecular formula is C26H20Cl2N2O2. The Balaban J connectivity index is 1.55. The van der Waals surface area contributed by atoms with Gasteiger partial charge in [-0.05, 0) is 60.8 Å². The number of hydrogen-bond donors (Lipinski definition) is 1. The molecule has 160 valence electrons. The van der Waals surface area contributed by atoms with Crippen LogP contribution < -0.4 is 10.2 Å². The molecule has 0 radical (unpaired) electrons. The third-order valence-corrected chi connectivity index (χ3v) is 5.73. The minimum atomic E-state index is -0.350. The van der Waals surface area contributed by atoms with Gasteiger partial charge in [-0.15, -0.1) is 0 Å². The molecule has 0 aliphatic heterocycles. The van der Waals surface area contributed by atoms with Crippen LogP contribution in [0.2, 0.25) is 10.0 Å². The number of fused-ring (bicyclic) bond motifs is 1. The van der Waals surface area contributed by atoms with Crippen LogP contribution >= 0.6 is 23.2 Å². The molecule has 0 saturated carbocycles. The standard InChI is InChI=1S/C26H20Cl2N2O2/c1-2-30(24-9-5-7-17-6-3-4-8-21(17)24)26(32)18-10-13-20(14-11-18)29-25(31)22-15-12-19(27)16-23(22)28/h3-16H,2H2,1H3,(H,29,31). The molecule has 2 amide bonds. The minimum absolute atomic E-state index is 0.109. The van der Waals surface area contributed by atoms with Gasteiger partial charge in [-0.2, -0.15) is 0 Å². The number of halogens is 2. The van der Waals surface area contributed by atoms with E-state index in [9.17, 15) is 9.59 Å². The van der Waals surface area contributed by atoms with Crippen LogP contribution in [0.1, 0.15) is 27.6 Å². The molecule has 0 saturated heterocycles. The van der Waals surface area contributed by atoms with Gasteiger partial charge in [-0.3, -0.25) is 9.59 Å². The number of hydrogen-bond acceptors (Lipinski definition) is 2. The number of nitrogens with zero attached hydrogens (tertiary/aromatic N) is 1. The van der Waals surface area contributed by atoms with Gasteiger partial charge in [0.15, 0.2) is 0 Å². The molecule has 0 heterocycles. The summed E-state index contributed by atoms with van der Waals surface area (Å²) < 4.78 is 0. The minimum Gasteiger partial charge on any atom is -0.322 e. The average Bonchev–Trinajstić information content (AvgIpc) is 2.80. The first kappa shape index (κ1) is 21.9. The number of rotatable bonds is 5. The molecule has 0 spiro atoms. The molecule has 0 aromatic heterocycles. The lowest BCUT2D eigenvalue weighted by molar-refractivity contribution is 0.0987. The zero-order chi connectivity index (χ0) is 22.7. The second kappa shape index (κ2) is 9.43. The highest BCUT2D eigenvalue weighted by Crippen LogP contribution is 2.28. The van der Waals surface area contributed by atoms with Crippen molar-refractivity contribution in [3.63, 3.8) is 0 Å². The van der Waals surface area contributed by atoms with Gasteiger partial charge in [0.1, 0.15) is 0 Å². The number of nitrogens with one attached hydrogen (secondary N) is 1.